The molecule has 0 radical (unpaired) electrons. The lowest BCUT2D eigenvalue weighted by Crippen LogP contribution is -2.32. The first-order valence-corrected chi connectivity index (χ1v) is 4.53. The summed E-state index contributed by atoms with van der Waals surface area (Å²) in [5.41, 5.74) is 12.0. The van der Waals surface area contributed by atoms with Gasteiger partial charge in [-0.15, -0.1) is 0 Å². The number of hydrogen-bond donors (Lipinski definition) is 3. The van der Waals surface area contributed by atoms with Gasteiger partial charge in [-0.1, -0.05) is 0 Å². The number of carbonyl (C=O) groups excluding carboxylic acids is 1. The Hall–Kier alpha value is -1.91. The Balaban J connectivity index is 2.85. The Bertz CT molecular complexity index is 366. The van der Waals surface area contributed by atoms with Gasteiger partial charge in [-0.3, -0.25) is 4.79 Å². The molecule has 0 aliphatic rings. The lowest BCUT2D eigenvalue weighted by molar-refractivity contribution is -0.118. The lowest BCUT2D eigenvalue weighted by atomic mass is 10.2. The summed E-state index contributed by atoms with van der Waals surface area (Å²) in [5.74, 6) is 0.213. The smallest absolute Gasteiger partial charge is 0.239 e. The highest BCUT2D eigenvalue weighted by atomic mass is 16.5. The van der Waals surface area contributed by atoms with Crippen molar-refractivity contribution in [3.63, 3.8) is 0 Å². The minimum Gasteiger partial charge on any atom is -0.497 e. The molecule has 0 saturated carbocycles. The van der Waals surface area contributed by atoms with Gasteiger partial charge in [0.15, 0.2) is 0 Å². The molecule has 0 heterocycles. The van der Waals surface area contributed by atoms with E-state index in [9.17, 15) is 4.79 Å². The zero-order valence-corrected chi connectivity index (χ0v) is 8.78. The first-order valence-electron chi connectivity index (χ1n) is 4.53. The average Bonchev–Trinajstić information content (AvgIpc) is 2.16. The number of amides is 1. The molecule has 0 bridgehead atoms. The number of ether oxygens (including phenoxy) is 1. The van der Waals surface area contributed by atoms with Gasteiger partial charge in [0.05, 0.1) is 7.11 Å². The van der Waals surface area contributed by atoms with E-state index in [-0.39, 0.29) is 0 Å². The van der Waals surface area contributed by atoms with Crippen LogP contribution >= 0.6 is 0 Å². The Morgan fingerprint density at radius 2 is 2.13 bits per heavy atom. The molecular weight excluding hydrogens is 194 g/mol. The highest BCUT2D eigenvalue weighted by Gasteiger charge is 2.08. The SMILES string of the molecule is COc1cc(N)cc(NC(C)C(N)=O)c1. The Kier molecular flexibility index (Phi) is 3.38. The molecule has 5 heteroatoms. The number of nitrogens with one attached hydrogen (secondary N) is 1. The van der Waals surface area contributed by atoms with E-state index in [0.717, 1.165) is 0 Å². The van der Waals surface area contributed by atoms with Crippen LogP contribution in [-0.2, 0) is 4.79 Å². The minimum atomic E-state index is -0.448. The Morgan fingerprint density at radius 1 is 1.47 bits per heavy atom. The highest BCUT2D eigenvalue weighted by Crippen LogP contribution is 2.22. The topological polar surface area (TPSA) is 90.4 Å². The van der Waals surface area contributed by atoms with Crippen LogP contribution in [0.4, 0.5) is 11.4 Å². The highest BCUT2D eigenvalue weighted by molar-refractivity contribution is 5.82. The minimum absolute atomic E-state index is 0.420. The number of hydrogen-bond acceptors (Lipinski definition) is 4. The molecule has 0 aromatic heterocycles. The van der Waals surface area contributed by atoms with Gasteiger partial charge < -0.3 is 21.5 Å². The van der Waals surface area contributed by atoms with Gasteiger partial charge in [0.1, 0.15) is 11.8 Å². The molecule has 0 spiro atoms. The van der Waals surface area contributed by atoms with Gasteiger partial charge in [0, 0.05) is 23.5 Å². The molecule has 1 aromatic carbocycles. The van der Waals surface area contributed by atoms with Gasteiger partial charge >= 0.3 is 0 Å². The Morgan fingerprint density at radius 3 is 2.67 bits per heavy atom. The van der Waals surface area contributed by atoms with Crippen molar-refractivity contribution < 1.29 is 9.53 Å². The fraction of sp³-hybridized carbons (Fsp3) is 0.300. The second kappa shape index (κ2) is 4.54. The van der Waals surface area contributed by atoms with Crippen LogP contribution in [0, 0.1) is 0 Å². The van der Waals surface area contributed by atoms with E-state index < -0.39 is 11.9 Å². The van der Waals surface area contributed by atoms with Crippen molar-refractivity contribution in [2.45, 2.75) is 13.0 Å². The van der Waals surface area contributed by atoms with Crippen LogP contribution in [0.3, 0.4) is 0 Å². The summed E-state index contributed by atoms with van der Waals surface area (Å²) in [6, 6.07) is 4.70. The van der Waals surface area contributed by atoms with Crippen molar-refractivity contribution in [2.24, 2.45) is 5.73 Å². The fourth-order valence-electron chi connectivity index (χ4n) is 1.14. The molecule has 1 rings (SSSR count). The number of methoxy groups -OCH3 is 1. The summed E-state index contributed by atoms with van der Waals surface area (Å²) in [5, 5.41) is 2.92. The van der Waals surface area contributed by atoms with E-state index >= 15 is 0 Å². The van der Waals surface area contributed by atoms with Crippen LogP contribution in [-0.4, -0.2) is 19.1 Å². The number of carbonyl (C=O) groups is 1. The summed E-state index contributed by atoms with van der Waals surface area (Å²) in [6.07, 6.45) is 0. The summed E-state index contributed by atoms with van der Waals surface area (Å²) in [4.78, 5) is 10.8. The maximum absolute atomic E-state index is 10.8. The van der Waals surface area contributed by atoms with E-state index in [0.29, 0.717) is 17.1 Å². The van der Waals surface area contributed by atoms with Crippen molar-refractivity contribution >= 4 is 17.3 Å². The molecule has 5 nitrogen and oxygen atoms in total. The second-order valence-corrected chi connectivity index (χ2v) is 3.26. The maximum atomic E-state index is 10.8. The normalized spacial score (nSPS) is 11.9. The first-order chi connectivity index (χ1) is 7.02. The standard InChI is InChI=1S/C10H15N3O2/c1-6(10(12)14)13-8-3-7(11)4-9(5-8)15-2/h3-6,13H,11H2,1-2H3,(H2,12,14). The Labute approximate surface area is 88.4 Å². The molecule has 0 fully saturated rings. The number of primary amides is 1. The number of nitrogen functional groups attached to an aromatic ring is 1. The predicted octanol–water partition coefficient (Wildman–Crippen LogP) is 0.563. The van der Waals surface area contributed by atoms with Crippen LogP contribution in [0.15, 0.2) is 18.2 Å². The van der Waals surface area contributed by atoms with E-state index in [1.165, 1.54) is 0 Å². The quantitative estimate of drug-likeness (QED) is 0.632. The fourth-order valence-corrected chi connectivity index (χ4v) is 1.14. The number of anilines is 2. The zero-order valence-electron chi connectivity index (χ0n) is 8.78. The van der Waals surface area contributed by atoms with Crippen molar-refractivity contribution in [3.8, 4) is 5.75 Å². The summed E-state index contributed by atoms with van der Waals surface area (Å²) in [7, 11) is 1.55. The summed E-state index contributed by atoms with van der Waals surface area (Å²) < 4.78 is 5.04. The van der Waals surface area contributed by atoms with Crippen LogP contribution in [0.25, 0.3) is 0 Å². The van der Waals surface area contributed by atoms with E-state index in [1.807, 2.05) is 0 Å². The van der Waals surface area contributed by atoms with E-state index in [2.05, 4.69) is 5.32 Å². The predicted molar refractivity (Wildman–Crippen MR) is 59.7 cm³/mol. The molecule has 82 valence electrons. The van der Waals surface area contributed by atoms with Crippen LogP contribution < -0.4 is 21.5 Å². The summed E-state index contributed by atoms with van der Waals surface area (Å²) in [6.45, 7) is 1.68. The largest absolute Gasteiger partial charge is 0.497 e. The third kappa shape index (κ3) is 3.05. The van der Waals surface area contributed by atoms with Crippen molar-refractivity contribution in [1.29, 1.82) is 0 Å². The van der Waals surface area contributed by atoms with Gasteiger partial charge in [-0.25, -0.2) is 0 Å². The van der Waals surface area contributed by atoms with Crippen molar-refractivity contribution in [2.75, 3.05) is 18.2 Å². The molecule has 1 aromatic rings. The lowest BCUT2D eigenvalue weighted by Gasteiger charge is -2.13. The van der Waals surface area contributed by atoms with Crippen LogP contribution in [0.1, 0.15) is 6.92 Å². The average molecular weight is 209 g/mol. The van der Waals surface area contributed by atoms with E-state index in [4.69, 9.17) is 16.2 Å². The molecule has 1 amide bonds. The van der Waals surface area contributed by atoms with Gasteiger partial charge in [0.25, 0.3) is 0 Å². The van der Waals surface area contributed by atoms with Crippen molar-refractivity contribution in [1.82, 2.24) is 0 Å². The molecule has 1 unspecified atom stereocenters. The van der Waals surface area contributed by atoms with E-state index in [1.54, 1.807) is 32.2 Å². The number of nitrogens with two attached hydrogens (primary N) is 2. The first kappa shape index (κ1) is 11.2. The van der Waals surface area contributed by atoms with Gasteiger partial charge in [-0.2, -0.15) is 0 Å². The molecule has 0 aliphatic carbocycles. The van der Waals surface area contributed by atoms with Crippen molar-refractivity contribution in [3.05, 3.63) is 18.2 Å². The summed E-state index contributed by atoms with van der Waals surface area (Å²) >= 11 is 0. The number of benzene rings is 1. The molecule has 5 N–H and O–H groups in total. The molecule has 1 atom stereocenters. The van der Waals surface area contributed by atoms with Crippen LogP contribution in [0.5, 0.6) is 5.75 Å². The third-order valence-corrected chi connectivity index (χ3v) is 1.97. The molecule has 0 aliphatic heterocycles. The monoisotopic (exact) mass is 209 g/mol. The van der Waals surface area contributed by atoms with Gasteiger partial charge in [-0.05, 0) is 13.0 Å². The second-order valence-electron chi connectivity index (χ2n) is 3.26. The maximum Gasteiger partial charge on any atom is 0.239 e. The molecule has 0 saturated heterocycles. The third-order valence-electron chi connectivity index (χ3n) is 1.97. The van der Waals surface area contributed by atoms with Gasteiger partial charge in [0.2, 0.25) is 5.91 Å². The molecular formula is C10H15N3O2. The number of rotatable bonds is 4. The molecule has 15 heavy (non-hydrogen) atoms. The van der Waals surface area contributed by atoms with Crippen LogP contribution in [0.2, 0.25) is 0 Å². The zero-order chi connectivity index (χ0) is 11.4.